The largest absolute Gasteiger partial charge is 0.357 e. The van der Waals surface area contributed by atoms with E-state index < -0.39 is 0 Å². The molecule has 0 atom stereocenters. The number of aryl methyl sites for hydroxylation is 1. The van der Waals surface area contributed by atoms with E-state index in [2.05, 4.69) is 71.4 Å². The number of hydrogen-bond donors (Lipinski definition) is 2. The first kappa shape index (κ1) is 18.0. The Morgan fingerprint density at radius 2 is 1.92 bits per heavy atom. The maximum Gasteiger partial charge on any atom is 0.193 e. The smallest absolute Gasteiger partial charge is 0.193 e. The van der Waals surface area contributed by atoms with Gasteiger partial charge in [-0.3, -0.25) is 4.99 Å². The van der Waals surface area contributed by atoms with Crippen LogP contribution in [0.2, 0.25) is 0 Å². The fraction of sp³-hybridized carbons (Fsp3) is 0.333. The van der Waals surface area contributed by atoms with Crippen LogP contribution in [0.5, 0.6) is 0 Å². The van der Waals surface area contributed by atoms with Gasteiger partial charge in [0.2, 0.25) is 0 Å². The number of aliphatic imine (C=N–C) groups is 1. The summed E-state index contributed by atoms with van der Waals surface area (Å²) in [6.07, 6.45) is 0.794. The summed E-state index contributed by atoms with van der Waals surface area (Å²) in [5, 5.41) is 3.37. The molecule has 1 heterocycles. The lowest BCUT2D eigenvalue weighted by Gasteiger charge is -2.22. The van der Waals surface area contributed by atoms with Crippen molar-refractivity contribution in [1.29, 1.82) is 0 Å². The van der Waals surface area contributed by atoms with Gasteiger partial charge in [0, 0.05) is 33.1 Å². The summed E-state index contributed by atoms with van der Waals surface area (Å²) in [6.45, 7) is 6.57. The Bertz CT molecular complexity index is 830. The lowest BCUT2D eigenvalue weighted by molar-refractivity contribution is 0.477. The molecular formula is C21H27N5. The predicted octanol–water partition coefficient (Wildman–Crippen LogP) is 3.51. The molecule has 0 fully saturated rings. The number of imidazole rings is 1. The molecule has 5 heteroatoms. The molecule has 0 radical (unpaired) electrons. The Morgan fingerprint density at radius 1 is 1.15 bits per heavy atom. The highest BCUT2D eigenvalue weighted by atomic mass is 15.3. The van der Waals surface area contributed by atoms with Crippen LogP contribution in [0.1, 0.15) is 23.9 Å². The molecule has 0 saturated heterocycles. The molecule has 0 bridgehead atoms. The molecule has 0 aliphatic carbocycles. The van der Waals surface area contributed by atoms with Gasteiger partial charge in [-0.15, -0.1) is 0 Å². The van der Waals surface area contributed by atoms with Crippen LogP contribution in [0.25, 0.3) is 11.0 Å². The van der Waals surface area contributed by atoms with Crippen LogP contribution in [0.4, 0.5) is 0 Å². The van der Waals surface area contributed by atoms with Crippen LogP contribution in [0, 0.1) is 6.92 Å². The maximum absolute atomic E-state index is 4.76. The summed E-state index contributed by atoms with van der Waals surface area (Å²) in [7, 11) is 2.07. The molecule has 5 nitrogen and oxygen atoms in total. The van der Waals surface area contributed by atoms with Crippen LogP contribution in [-0.4, -0.2) is 41.0 Å². The van der Waals surface area contributed by atoms with E-state index in [9.17, 15) is 0 Å². The average Bonchev–Trinajstić information content (AvgIpc) is 3.05. The number of rotatable bonds is 6. The fourth-order valence-corrected chi connectivity index (χ4v) is 2.90. The zero-order valence-corrected chi connectivity index (χ0v) is 15.8. The second-order valence-electron chi connectivity index (χ2n) is 6.53. The van der Waals surface area contributed by atoms with Gasteiger partial charge in [0.1, 0.15) is 5.82 Å². The Morgan fingerprint density at radius 3 is 2.65 bits per heavy atom. The molecule has 3 aromatic rings. The third-order valence-corrected chi connectivity index (χ3v) is 4.29. The van der Waals surface area contributed by atoms with Crippen molar-refractivity contribution in [2.45, 2.75) is 26.8 Å². The van der Waals surface area contributed by atoms with Gasteiger partial charge in [-0.1, -0.05) is 42.0 Å². The first-order chi connectivity index (χ1) is 12.7. The Labute approximate surface area is 155 Å². The highest BCUT2D eigenvalue weighted by Crippen LogP contribution is 2.11. The lowest BCUT2D eigenvalue weighted by Crippen LogP contribution is -2.38. The number of nitrogens with one attached hydrogen (secondary N) is 2. The molecule has 0 saturated carbocycles. The maximum atomic E-state index is 4.76. The number of benzene rings is 2. The number of aromatic nitrogens is 2. The van der Waals surface area contributed by atoms with Crippen molar-refractivity contribution in [3.63, 3.8) is 0 Å². The standard InChI is InChI=1S/C21H27N5/c1-4-22-21(26(3)15-17-11-9-16(2)10-12-17)23-14-13-20-24-18-7-5-6-8-19(18)25-20/h5-12H,4,13-15H2,1-3H3,(H,22,23)(H,24,25). The Hall–Kier alpha value is -2.82. The summed E-state index contributed by atoms with van der Waals surface area (Å²) in [5.41, 5.74) is 4.65. The first-order valence-corrected chi connectivity index (χ1v) is 9.14. The summed E-state index contributed by atoms with van der Waals surface area (Å²) >= 11 is 0. The number of aromatic amines is 1. The van der Waals surface area contributed by atoms with E-state index in [4.69, 9.17) is 4.99 Å². The van der Waals surface area contributed by atoms with Crippen molar-refractivity contribution in [2.24, 2.45) is 4.99 Å². The van der Waals surface area contributed by atoms with Gasteiger partial charge in [0.25, 0.3) is 0 Å². The van der Waals surface area contributed by atoms with Crippen molar-refractivity contribution in [1.82, 2.24) is 20.2 Å². The molecule has 136 valence electrons. The molecule has 0 unspecified atom stereocenters. The van der Waals surface area contributed by atoms with Gasteiger partial charge < -0.3 is 15.2 Å². The van der Waals surface area contributed by atoms with E-state index in [1.165, 1.54) is 11.1 Å². The molecule has 1 aromatic heterocycles. The quantitative estimate of drug-likeness (QED) is 0.529. The van der Waals surface area contributed by atoms with Gasteiger partial charge in [0.15, 0.2) is 5.96 Å². The minimum Gasteiger partial charge on any atom is -0.357 e. The van der Waals surface area contributed by atoms with Gasteiger partial charge in [-0.2, -0.15) is 0 Å². The van der Waals surface area contributed by atoms with Crippen molar-refractivity contribution in [3.8, 4) is 0 Å². The Balaban J connectivity index is 1.62. The number of hydrogen-bond acceptors (Lipinski definition) is 2. The van der Waals surface area contributed by atoms with Crippen molar-refractivity contribution in [3.05, 3.63) is 65.5 Å². The SMILES string of the molecule is CCNC(=NCCc1nc2ccccc2[nH]1)N(C)Cc1ccc(C)cc1. The first-order valence-electron chi connectivity index (χ1n) is 9.14. The second-order valence-corrected chi connectivity index (χ2v) is 6.53. The van der Waals surface area contributed by atoms with E-state index in [1.807, 2.05) is 18.2 Å². The van der Waals surface area contributed by atoms with E-state index in [0.717, 1.165) is 42.3 Å². The number of nitrogens with zero attached hydrogens (tertiary/aromatic N) is 3. The number of guanidine groups is 1. The van der Waals surface area contributed by atoms with Crippen LogP contribution in [0.3, 0.4) is 0 Å². The summed E-state index contributed by atoms with van der Waals surface area (Å²) in [5.74, 6) is 1.90. The van der Waals surface area contributed by atoms with E-state index in [0.29, 0.717) is 6.54 Å². The zero-order valence-electron chi connectivity index (χ0n) is 15.8. The minimum absolute atomic E-state index is 0.695. The van der Waals surface area contributed by atoms with Crippen LogP contribution in [0.15, 0.2) is 53.5 Å². The molecule has 2 aromatic carbocycles. The van der Waals surface area contributed by atoms with Gasteiger partial charge in [-0.25, -0.2) is 4.98 Å². The fourth-order valence-electron chi connectivity index (χ4n) is 2.90. The molecule has 26 heavy (non-hydrogen) atoms. The molecule has 0 amide bonds. The topological polar surface area (TPSA) is 56.3 Å². The van der Waals surface area contributed by atoms with Crippen molar-refractivity contribution >= 4 is 17.0 Å². The van der Waals surface area contributed by atoms with Gasteiger partial charge in [0.05, 0.1) is 11.0 Å². The molecule has 0 aliphatic rings. The number of H-pyrrole nitrogens is 1. The van der Waals surface area contributed by atoms with Gasteiger partial charge >= 0.3 is 0 Å². The summed E-state index contributed by atoms with van der Waals surface area (Å²) in [4.78, 5) is 14.9. The summed E-state index contributed by atoms with van der Waals surface area (Å²) < 4.78 is 0. The highest BCUT2D eigenvalue weighted by molar-refractivity contribution is 5.79. The number of para-hydroxylation sites is 2. The van der Waals surface area contributed by atoms with Crippen LogP contribution in [-0.2, 0) is 13.0 Å². The number of fused-ring (bicyclic) bond motifs is 1. The van der Waals surface area contributed by atoms with E-state index >= 15 is 0 Å². The normalized spacial score (nSPS) is 11.7. The zero-order chi connectivity index (χ0) is 18.4. The average molecular weight is 349 g/mol. The third-order valence-electron chi connectivity index (χ3n) is 4.29. The third kappa shape index (κ3) is 4.63. The second kappa shape index (κ2) is 8.52. The highest BCUT2D eigenvalue weighted by Gasteiger charge is 2.07. The molecular weight excluding hydrogens is 322 g/mol. The van der Waals surface area contributed by atoms with Crippen molar-refractivity contribution in [2.75, 3.05) is 20.1 Å². The minimum atomic E-state index is 0.695. The Kier molecular flexibility index (Phi) is 5.89. The van der Waals surface area contributed by atoms with Crippen LogP contribution >= 0.6 is 0 Å². The monoisotopic (exact) mass is 349 g/mol. The van der Waals surface area contributed by atoms with Crippen LogP contribution < -0.4 is 5.32 Å². The van der Waals surface area contributed by atoms with E-state index in [-0.39, 0.29) is 0 Å². The van der Waals surface area contributed by atoms with E-state index in [1.54, 1.807) is 0 Å². The van der Waals surface area contributed by atoms with Crippen molar-refractivity contribution < 1.29 is 0 Å². The van der Waals surface area contributed by atoms with Gasteiger partial charge in [-0.05, 0) is 31.5 Å². The predicted molar refractivity (Wildman–Crippen MR) is 108 cm³/mol. The summed E-state index contributed by atoms with van der Waals surface area (Å²) in [6, 6.07) is 16.7. The molecule has 0 spiro atoms. The molecule has 2 N–H and O–H groups in total. The molecule has 0 aliphatic heterocycles. The molecule has 3 rings (SSSR count). The lowest BCUT2D eigenvalue weighted by atomic mass is 10.1.